The molecular weight excluding hydrogens is 813 g/mol. The van der Waals surface area contributed by atoms with Crippen LogP contribution in [-0.2, 0) is 0 Å². The van der Waals surface area contributed by atoms with E-state index in [-0.39, 0.29) is 0 Å². The molecule has 0 fully saturated rings. The van der Waals surface area contributed by atoms with Crippen molar-refractivity contribution in [2.24, 2.45) is 0 Å². The minimum Gasteiger partial charge on any atom is -0.310 e. The smallest absolute Gasteiger partial charge is 0.0634 e. The molecule has 0 amide bonds. The molecule has 10 aromatic carbocycles. The normalized spacial score (nSPS) is 11.8. The molecule has 300 valence electrons. The Morgan fingerprint density at radius 3 is 1.61 bits per heavy atom. The highest BCUT2D eigenvalue weighted by molar-refractivity contribution is 7.26. The van der Waals surface area contributed by atoms with E-state index in [9.17, 15) is 0 Å². The van der Waals surface area contributed by atoms with Crippen LogP contribution in [0.15, 0.2) is 231 Å². The van der Waals surface area contributed by atoms with Gasteiger partial charge in [-0.2, -0.15) is 0 Å². The predicted molar refractivity (Wildman–Crippen MR) is 278 cm³/mol. The summed E-state index contributed by atoms with van der Waals surface area (Å²) in [5, 5.41) is 7.68. The lowest BCUT2D eigenvalue weighted by Gasteiger charge is -2.26. The zero-order chi connectivity index (χ0) is 42.1. The van der Waals surface area contributed by atoms with Gasteiger partial charge in [-0.3, -0.25) is 0 Å². The van der Waals surface area contributed by atoms with E-state index in [1.165, 1.54) is 95.5 Å². The van der Waals surface area contributed by atoms with Gasteiger partial charge in [0, 0.05) is 79.4 Å². The van der Waals surface area contributed by atoms with Crippen LogP contribution in [-0.4, -0.2) is 4.57 Å². The van der Waals surface area contributed by atoms with Crippen molar-refractivity contribution in [1.82, 2.24) is 4.57 Å². The maximum atomic E-state index is 2.50. The molecule has 0 saturated heterocycles. The van der Waals surface area contributed by atoms with E-state index in [1.54, 1.807) is 0 Å². The van der Waals surface area contributed by atoms with Gasteiger partial charge < -0.3 is 9.47 Å². The van der Waals surface area contributed by atoms with E-state index in [1.807, 2.05) is 22.7 Å². The second kappa shape index (κ2) is 15.0. The topological polar surface area (TPSA) is 8.17 Å². The molecule has 2 nitrogen and oxygen atoms in total. The molecule has 0 atom stereocenters. The average Bonchev–Trinajstić information content (AvgIpc) is 4.05. The number of anilines is 3. The van der Waals surface area contributed by atoms with Gasteiger partial charge in [0.25, 0.3) is 0 Å². The number of hydrogen-bond acceptors (Lipinski definition) is 3. The van der Waals surface area contributed by atoms with Crippen LogP contribution >= 0.6 is 22.7 Å². The van der Waals surface area contributed by atoms with Gasteiger partial charge >= 0.3 is 0 Å². The fraction of sp³-hybridized carbons (Fsp3) is 0. The largest absolute Gasteiger partial charge is 0.310 e. The summed E-state index contributed by atoms with van der Waals surface area (Å²) in [6.45, 7) is 0. The Morgan fingerprint density at radius 1 is 0.328 bits per heavy atom. The van der Waals surface area contributed by atoms with Crippen molar-refractivity contribution in [2.45, 2.75) is 0 Å². The quantitative estimate of drug-likeness (QED) is 0.155. The third-order valence-corrected chi connectivity index (χ3v) is 15.1. The summed E-state index contributed by atoms with van der Waals surface area (Å²) in [5.41, 5.74) is 14.3. The molecule has 0 saturated carbocycles. The van der Waals surface area contributed by atoms with Crippen molar-refractivity contribution < 1.29 is 0 Å². The molecule has 0 aliphatic carbocycles. The Kier molecular flexibility index (Phi) is 8.61. The zero-order valence-corrected chi connectivity index (χ0v) is 36.3. The Hall–Kier alpha value is -7.76. The monoisotopic (exact) mass is 850 g/mol. The van der Waals surface area contributed by atoms with Crippen LogP contribution in [0.1, 0.15) is 0 Å². The van der Waals surface area contributed by atoms with E-state index >= 15 is 0 Å². The molecule has 3 heterocycles. The van der Waals surface area contributed by atoms with Gasteiger partial charge in [-0.15, -0.1) is 22.7 Å². The fourth-order valence-corrected chi connectivity index (χ4v) is 12.1. The fourth-order valence-electron chi connectivity index (χ4n) is 9.80. The van der Waals surface area contributed by atoms with Crippen LogP contribution < -0.4 is 4.90 Å². The number of thiophene rings is 2. The number of para-hydroxylation sites is 1. The molecule has 0 unspecified atom stereocenters. The van der Waals surface area contributed by atoms with Crippen molar-refractivity contribution in [3.8, 4) is 39.1 Å². The third kappa shape index (κ3) is 5.99. The van der Waals surface area contributed by atoms with Crippen LogP contribution in [0.4, 0.5) is 17.1 Å². The van der Waals surface area contributed by atoms with Crippen LogP contribution in [0.25, 0.3) is 101 Å². The number of nitrogens with zero attached hydrogens (tertiary/aromatic N) is 2. The summed E-state index contributed by atoms with van der Waals surface area (Å²) in [4.78, 5) is 2.40. The first-order valence-corrected chi connectivity index (χ1v) is 23.4. The first kappa shape index (κ1) is 36.9. The van der Waals surface area contributed by atoms with E-state index < -0.39 is 0 Å². The summed E-state index contributed by atoms with van der Waals surface area (Å²) in [6, 6.07) is 84.5. The molecular formula is C60H38N2S2. The minimum absolute atomic E-state index is 1.11. The molecule has 0 bridgehead atoms. The number of fused-ring (bicyclic) bond motifs is 10. The standard InChI is InChI=1S/C60H38N2S2/c1-3-14-39(15-4-1)41-26-30-44(31-27-41)61(47-34-35-57-52(37-47)49-21-8-11-24-55(49)63-57)45-32-28-42(29-33-45)51-38-53-48-20-7-10-23-54(48)62(46-19-13-18-43(36-46)40-16-5-2-6-17-40)59(53)58-50-22-9-12-25-56(50)64-60(51)58/h1-38H. The minimum atomic E-state index is 1.11. The summed E-state index contributed by atoms with van der Waals surface area (Å²) >= 11 is 3.75. The highest BCUT2D eigenvalue weighted by Gasteiger charge is 2.22. The maximum Gasteiger partial charge on any atom is 0.0634 e. The number of aromatic nitrogens is 1. The summed E-state index contributed by atoms with van der Waals surface area (Å²) < 4.78 is 7.70. The highest BCUT2D eigenvalue weighted by Crippen LogP contribution is 2.48. The van der Waals surface area contributed by atoms with Crippen LogP contribution in [0, 0.1) is 0 Å². The van der Waals surface area contributed by atoms with Crippen molar-refractivity contribution >= 4 is 102 Å². The van der Waals surface area contributed by atoms with Crippen LogP contribution in [0.2, 0.25) is 0 Å². The van der Waals surface area contributed by atoms with Crippen molar-refractivity contribution in [1.29, 1.82) is 0 Å². The Morgan fingerprint density at radius 2 is 0.875 bits per heavy atom. The van der Waals surface area contributed by atoms with Crippen molar-refractivity contribution in [3.05, 3.63) is 231 Å². The lowest BCUT2D eigenvalue weighted by Crippen LogP contribution is -2.09. The zero-order valence-electron chi connectivity index (χ0n) is 34.7. The van der Waals surface area contributed by atoms with Gasteiger partial charge in [-0.25, -0.2) is 0 Å². The molecule has 0 aliphatic rings. The van der Waals surface area contributed by atoms with E-state index in [4.69, 9.17) is 0 Å². The average molecular weight is 851 g/mol. The van der Waals surface area contributed by atoms with Gasteiger partial charge in [-0.05, 0) is 107 Å². The molecule has 13 rings (SSSR count). The van der Waals surface area contributed by atoms with Gasteiger partial charge in [0.05, 0.1) is 11.0 Å². The SMILES string of the molecule is c1ccc(-c2ccc(N(c3ccc(-c4cc5c6ccccc6n(-c6cccc(-c7ccccc7)c6)c5c5c4sc4ccccc45)cc3)c3ccc4sc5ccccc5c4c3)cc2)cc1. The molecule has 0 radical (unpaired) electrons. The highest BCUT2D eigenvalue weighted by atomic mass is 32.1. The molecule has 0 aliphatic heterocycles. The molecule has 13 aromatic rings. The second-order valence-corrected chi connectivity index (χ2v) is 18.6. The molecule has 3 aromatic heterocycles. The molecule has 0 N–H and O–H groups in total. The maximum absolute atomic E-state index is 2.50. The lowest BCUT2D eigenvalue weighted by molar-refractivity contribution is 1.19. The van der Waals surface area contributed by atoms with E-state index in [2.05, 4.69) is 240 Å². The number of benzene rings is 10. The van der Waals surface area contributed by atoms with Crippen LogP contribution in [0.5, 0.6) is 0 Å². The molecule has 0 spiro atoms. The third-order valence-electron chi connectivity index (χ3n) is 12.8. The Labute approximate surface area is 378 Å². The summed E-state index contributed by atoms with van der Waals surface area (Å²) in [5.74, 6) is 0. The van der Waals surface area contributed by atoms with Gasteiger partial charge in [0.1, 0.15) is 0 Å². The van der Waals surface area contributed by atoms with Crippen molar-refractivity contribution in [3.63, 3.8) is 0 Å². The second-order valence-electron chi connectivity index (χ2n) is 16.5. The van der Waals surface area contributed by atoms with E-state index in [0.29, 0.717) is 0 Å². The Bertz CT molecular complexity index is 3880. The predicted octanol–water partition coefficient (Wildman–Crippen LogP) is 18.0. The molecule has 64 heavy (non-hydrogen) atoms. The van der Waals surface area contributed by atoms with Gasteiger partial charge in [-0.1, -0.05) is 152 Å². The lowest BCUT2D eigenvalue weighted by atomic mass is 9.98. The first-order chi connectivity index (χ1) is 31.7. The summed E-state index contributed by atoms with van der Waals surface area (Å²) in [6.07, 6.45) is 0. The van der Waals surface area contributed by atoms with Crippen molar-refractivity contribution in [2.75, 3.05) is 4.90 Å². The number of hydrogen-bond donors (Lipinski definition) is 0. The summed E-state index contributed by atoms with van der Waals surface area (Å²) in [7, 11) is 0. The Balaban J connectivity index is 0.995. The van der Waals surface area contributed by atoms with Gasteiger partial charge in [0.2, 0.25) is 0 Å². The first-order valence-electron chi connectivity index (χ1n) is 21.7. The molecule has 4 heteroatoms. The van der Waals surface area contributed by atoms with Crippen LogP contribution in [0.3, 0.4) is 0 Å². The van der Waals surface area contributed by atoms with E-state index in [0.717, 1.165) is 22.7 Å². The number of rotatable bonds is 7. The van der Waals surface area contributed by atoms with Gasteiger partial charge in [0.15, 0.2) is 0 Å².